The lowest BCUT2D eigenvalue weighted by molar-refractivity contribution is 1.07. The molecule has 0 fully saturated rings. The van der Waals surface area contributed by atoms with E-state index < -0.39 is 0 Å². The molecule has 0 aliphatic heterocycles. The van der Waals surface area contributed by atoms with Gasteiger partial charge in [0.25, 0.3) is 0 Å². The van der Waals surface area contributed by atoms with Crippen LogP contribution >= 0.6 is 11.3 Å². The molecule has 0 aliphatic rings. The van der Waals surface area contributed by atoms with Crippen LogP contribution in [-0.2, 0) is 0 Å². The summed E-state index contributed by atoms with van der Waals surface area (Å²) in [6.45, 7) is 0. The molecule has 7 heteroatoms. The number of fused-ring (bicyclic) bond motifs is 3. The summed E-state index contributed by atoms with van der Waals surface area (Å²) in [5.41, 5.74) is 7.95. The zero-order valence-corrected chi connectivity index (χ0v) is 30.2. The molecule has 0 atom stereocenters. The molecule has 0 radical (unpaired) electrons. The van der Waals surface area contributed by atoms with Gasteiger partial charge in [0.15, 0.2) is 34.9 Å². The highest BCUT2D eigenvalue weighted by Crippen LogP contribution is 2.39. The summed E-state index contributed by atoms with van der Waals surface area (Å²) in [6.07, 6.45) is 0. The van der Waals surface area contributed by atoms with Gasteiger partial charge in [0.1, 0.15) is 0 Å². The highest BCUT2D eigenvalue weighted by Gasteiger charge is 2.16. The molecule has 10 rings (SSSR count). The second kappa shape index (κ2) is 14.0. The van der Waals surface area contributed by atoms with E-state index in [1.54, 1.807) is 11.3 Å². The molecule has 0 aliphatic carbocycles. The van der Waals surface area contributed by atoms with Crippen LogP contribution in [0.4, 0.5) is 0 Å². The van der Waals surface area contributed by atoms with Crippen LogP contribution in [0, 0.1) is 0 Å². The Morgan fingerprint density at radius 1 is 0.236 bits per heavy atom. The third-order valence-electron chi connectivity index (χ3n) is 9.60. The first kappa shape index (κ1) is 32.4. The van der Waals surface area contributed by atoms with E-state index >= 15 is 0 Å². The zero-order valence-electron chi connectivity index (χ0n) is 29.4. The molecule has 7 aromatic carbocycles. The minimum atomic E-state index is 0.638. The maximum atomic E-state index is 4.95. The van der Waals surface area contributed by atoms with Gasteiger partial charge in [-0.15, -0.1) is 11.3 Å². The third kappa shape index (κ3) is 6.43. The van der Waals surface area contributed by atoms with Gasteiger partial charge in [0, 0.05) is 53.6 Å². The van der Waals surface area contributed by atoms with E-state index in [1.807, 2.05) is 121 Å². The second-order valence-corrected chi connectivity index (χ2v) is 14.3. The summed E-state index contributed by atoms with van der Waals surface area (Å²) >= 11 is 1.78. The summed E-state index contributed by atoms with van der Waals surface area (Å²) in [5, 5.41) is 2.42. The zero-order chi connectivity index (χ0) is 36.6. The van der Waals surface area contributed by atoms with Crippen molar-refractivity contribution < 1.29 is 0 Å². The van der Waals surface area contributed by atoms with E-state index in [1.165, 1.54) is 20.2 Å². The fourth-order valence-corrected chi connectivity index (χ4v) is 7.91. The van der Waals surface area contributed by atoms with Gasteiger partial charge < -0.3 is 0 Å². The second-order valence-electron chi connectivity index (χ2n) is 13.2. The standard InChI is InChI=1S/C48H30N6S/c1-5-13-32(14-6-1)43-49-44(33-15-7-2-8-16-33)52-47(51-43)36-23-21-31(22-24-36)37-26-28-41-40(29-37)39-27-25-38(30-42(39)55-41)48-53-45(34-17-9-3-10-18-34)50-46(54-48)35-19-11-4-12-20-35/h1-30H. The van der Waals surface area contributed by atoms with Crippen molar-refractivity contribution in [2.75, 3.05) is 0 Å². The highest BCUT2D eigenvalue weighted by atomic mass is 32.1. The van der Waals surface area contributed by atoms with Crippen LogP contribution in [0.5, 0.6) is 0 Å². The van der Waals surface area contributed by atoms with Gasteiger partial charge in [0.05, 0.1) is 0 Å². The van der Waals surface area contributed by atoms with E-state index in [4.69, 9.17) is 29.9 Å². The predicted molar refractivity (Wildman–Crippen MR) is 224 cm³/mol. The summed E-state index contributed by atoms with van der Waals surface area (Å²) in [7, 11) is 0. The summed E-state index contributed by atoms with van der Waals surface area (Å²) in [5.74, 6) is 3.89. The lowest BCUT2D eigenvalue weighted by atomic mass is 10.0. The smallest absolute Gasteiger partial charge is 0.164 e. The molecular weight excluding hydrogens is 693 g/mol. The molecule has 0 unspecified atom stereocenters. The largest absolute Gasteiger partial charge is 0.208 e. The molecular formula is C48H30N6S. The Morgan fingerprint density at radius 2 is 0.582 bits per heavy atom. The molecule has 3 aromatic heterocycles. The molecule has 258 valence electrons. The lowest BCUT2D eigenvalue weighted by Crippen LogP contribution is -2.00. The molecule has 0 saturated carbocycles. The fourth-order valence-electron chi connectivity index (χ4n) is 6.78. The first-order valence-corrected chi connectivity index (χ1v) is 18.8. The van der Waals surface area contributed by atoms with Crippen molar-refractivity contribution in [1.82, 2.24) is 29.9 Å². The monoisotopic (exact) mass is 722 g/mol. The van der Waals surface area contributed by atoms with Gasteiger partial charge in [-0.2, -0.15) is 0 Å². The number of thiophene rings is 1. The molecule has 55 heavy (non-hydrogen) atoms. The van der Waals surface area contributed by atoms with Crippen molar-refractivity contribution in [3.8, 4) is 79.5 Å². The lowest BCUT2D eigenvalue weighted by Gasteiger charge is -2.09. The van der Waals surface area contributed by atoms with Crippen LogP contribution in [-0.4, -0.2) is 29.9 Å². The van der Waals surface area contributed by atoms with E-state index in [9.17, 15) is 0 Å². The summed E-state index contributed by atoms with van der Waals surface area (Å²) in [4.78, 5) is 29.4. The molecule has 0 bridgehead atoms. The van der Waals surface area contributed by atoms with E-state index in [0.717, 1.165) is 44.5 Å². The fraction of sp³-hybridized carbons (Fsp3) is 0. The Morgan fingerprint density at radius 3 is 1.02 bits per heavy atom. The van der Waals surface area contributed by atoms with Crippen LogP contribution in [0.2, 0.25) is 0 Å². The minimum absolute atomic E-state index is 0.638. The predicted octanol–water partition coefficient (Wildman–Crippen LogP) is 12.1. The van der Waals surface area contributed by atoms with Crippen LogP contribution in [0.3, 0.4) is 0 Å². The Bertz CT molecular complexity index is 2840. The van der Waals surface area contributed by atoms with Gasteiger partial charge in [-0.05, 0) is 29.3 Å². The van der Waals surface area contributed by atoms with Gasteiger partial charge >= 0.3 is 0 Å². The van der Waals surface area contributed by atoms with Gasteiger partial charge in [-0.1, -0.05) is 164 Å². The van der Waals surface area contributed by atoms with Gasteiger partial charge in [-0.3, -0.25) is 0 Å². The normalized spacial score (nSPS) is 11.3. The number of hydrogen-bond donors (Lipinski definition) is 0. The number of nitrogens with zero attached hydrogens (tertiary/aromatic N) is 6. The molecule has 0 amide bonds. The van der Waals surface area contributed by atoms with E-state index in [-0.39, 0.29) is 0 Å². The maximum Gasteiger partial charge on any atom is 0.164 e. The minimum Gasteiger partial charge on any atom is -0.208 e. The van der Waals surface area contributed by atoms with Crippen molar-refractivity contribution >= 4 is 31.5 Å². The highest BCUT2D eigenvalue weighted by molar-refractivity contribution is 7.25. The average Bonchev–Trinajstić information content (AvgIpc) is 3.65. The van der Waals surface area contributed by atoms with Crippen LogP contribution in [0.15, 0.2) is 182 Å². The van der Waals surface area contributed by atoms with E-state index in [2.05, 4.69) is 60.7 Å². The van der Waals surface area contributed by atoms with Crippen molar-refractivity contribution in [3.63, 3.8) is 0 Å². The number of aromatic nitrogens is 6. The number of rotatable bonds is 7. The Hall–Kier alpha value is -7.22. The maximum absolute atomic E-state index is 4.95. The van der Waals surface area contributed by atoms with Crippen molar-refractivity contribution in [1.29, 1.82) is 0 Å². The van der Waals surface area contributed by atoms with Gasteiger partial charge in [0.2, 0.25) is 0 Å². The van der Waals surface area contributed by atoms with Gasteiger partial charge in [-0.25, -0.2) is 29.9 Å². The number of hydrogen-bond acceptors (Lipinski definition) is 7. The van der Waals surface area contributed by atoms with Crippen LogP contribution in [0.1, 0.15) is 0 Å². The van der Waals surface area contributed by atoms with Crippen LogP contribution in [0.25, 0.3) is 99.6 Å². The molecule has 0 N–H and O–H groups in total. The average molecular weight is 723 g/mol. The first-order chi connectivity index (χ1) is 27.2. The quantitative estimate of drug-likeness (QED) is 0.163. The summed E-state index contributed by atoms with van der Waals surface area (Å²) < 4.78 is 2.41. The molecule has 10 aromatic rings. The van der Waals surface area contributed by atoms with Crippen molar-refractivity contribution in [2.24, 2.45) is 0 Å². The Balaban J connectivity index is 0.995. The molecule has 3 heterocycles. The number of benzene rings is 7. The molecule has 0 saturated heterocycles. The first-order valence-electron chi connectivity index (χ1n) is 18.0. The Kier molecular flexibility index (Phi) is 8.24. The van der Waals surface area contributed by atoms with Crippen molar-refractivity contribution in [3.05, 3.63) is 182 Å². The Labute approximate surface area is 321 Å². The SMILES string of the molecule is c1ccc(-c2nc(-c3ccccc3)nc(-c3ccc(-c4ccc5sc6cc(-c7nc(-c8ccccc8)nc(-c8ccccc8)n7)ccc6c5c4)cc3)n2)cc1. The van der Waals surface area contributed by atoms with Crippen molar-refractivity contribution in [2.45, 2.75) is 0 Å². The van der Waals surface area contributed by atoms with Crippen LogP contribution < -0.4 is 0 Å². The topological polar surface area (TPSA) is 77.3 Å². The third-order valence-corrected chi connectivity index (χ3v) is 10.7. The molecule has 0 spiro atoms. The molecule has 6 nitrogen and oxygen atoms in total. The van der Waals surface area contributed by atoms with E-state index in [0.29, 0.717) is 34.9 Å². The summed E-state index contributed by atoms with van der Waals surface area (Å²) in [6, 6.07) is 62.0.